The van der Waals surface area contributed by atoms with Gasteiger partial charge in [0.15, 0.2) is 6.79 Å². The number of imide groups is 1. The normalized spacial score (nSPS) is 20.2. The summed E-state index contributed by atoms with van der Waals surface area (Å²) in [4.78, 5) is 23.8. The van der Waals surface area contributed by atoms with Gasteiger partial charge in [-0.25, -0.2) is 4.79 Å². The topological polar surface area (TPSA) is 76.7 Å². The van der Waals surface area contributed by atoms with Crippen molar-refractivity contribution in [2.75, 3.05) is 13.9 Å². The van der Waals surface area contributed by atoms with Crippen molar-refractivity contribution >= 4 is 11.9 Å². The zero-order valence-corrected chi connectivity index (χ0v) is 15.8. The summed E-state index contributed by atoms with van der Waals surface area (Å²) in [6.07, 6.45) is -5.03. The van der Waals surface area contributed by atoms with E-state index in [1.807, 2.05) is 0 Å². The molecule has 1 aliphatic heterocycles. The monoisotopic (exact) mass is 388 g/mol. The number of nitrogens with one attached hydrogen (secondary N) is 2. The Balaban J connectivity index is 2.79. The Morgan fingerprint density at radius 1 is 1.07 bits per heavy atom. The highest BCUT2D eigenvalue weighted by Gasteiger charge is 2.66. The molecule has 3 amide bonds. The molecular weight excluding hydrogens is 365 g/mol. The summed E-state index contributed by atoms with van der Waals surface area (Å²) in [5.74, 6) is -1.41. The highest BCUT2D eigenvalue weighted by Crippen LogP contribution is 2.45. The van der Waals surface area contributed by atoms with E-state index in [1.54, 1.807) is 38.3 Å². The third-order valence-electron chi connectivity index (χ3n) is 4.44. The molecule has 6 nitrogen and oxygen atoms in total. The second-order valence-electron chi connectivity index (χ2n) is 7.00. The molecule has 2 rings (SSSR count). The Labute approximate surface area is 155 Å². The molecular formula is C18H23F3N2O4. The highest BCUT2D eigenvalue weighted by molar-refractivity contribution is 6.08. The van der Waals surface area contributed by atoms with Gasteiger partial charge in [0.05, 0.1) is 0 Å². The predicted molar refractivity (Wildman–Crippen MR) is 91.5 cm³/mol. The Morgan fingerprint density at radius 3 is 1.93 bits per heavy atom. The third kappa shape index (κ3) is 3.60. The van der Waals surface area contributed by atoms with Gasteiger partial charge in [-0.2, -0.15) is 13.2 Å². The lowest BCUT2D eigenvalue weighted by molar-refractivity contribution is -0.195. The zero-order valence-electron chi connectivity index (χ0n) is 15.8. The van der Waals surface area contributed by atoms with E-state index < -0.39 is 23.7 Å². The number of benzene rings is 1. The summed E-state index contributed by atoms with van der Waals surface area (Å²) in [5.41, 5.74) is -2.51. The summed E-state index contributed by atoms with van der Waals surface area (Å²) >= 11 is 0. The van der Waals surface area contributed by atoms with E-state index in [1.165, 1.54) is 19.2 Å². The Morgan fingerprint density at radius 2 is 1.59 bits per heavy atom. The molecule has 1 aromatic carbocycles. The van der Waals surface area contributed by atoms with E-state index in [9.17, 15) is 22.8 Å². The molecule has 1 atom stereocenters. The summed E-state index contributed by atoms with van der Waals surface area (Å²) in [5, 5.41) is 3.48. The fourth-order valence-electron chi connectivity index (χ4n) is 3.05. The minimum absolute atomic E-state index is 0.0690. The van der Waals surface area contributed by atoms with E-state index in [-0.39, 0.29) is 24.2 Å². The number of methoxy groups -OCH3 is 1. The maximum absolute atomic E-state index is 14.0. The molecule has 1 unspecified atom stereocenters. The first-order valence-corrected chi connectivity index (χ1v) is 8.46. The number of alkyl halides is 3. The molecule has 1 saturated heterocycles. The van der Waals surface area contributed by atoms with Crippen LogP contribution in [0.1, 0.15) is 56.2 Å². The number of carbonyl (C=O) groups excluding carboxylic acids is 2. The van der Waals surface area contributed by atoms with E-state index in [0.29, 0.717) is 16.9 Å². The molecule has 1 aromatic rings. The number of halogens is 3. The van der Waals surface area contributed by atoms with E-state index >= 15 is 0 Å². The molecule has 0 radical (unpaired) electrons. The lowest BCUT2D eigenvalue weighted by atomic mass is 9.82. The van der Waals surface area contributed by atoms with Crippen LogP contribution in [0.3, 0.4) is 0 Å². The van der Waals surface area contributed by atoms with Crippen LogP contribution in [0.2, 0.25) is 0 Å². The molecule has 1 heterocycles. The SMILES string of the molecule is COCOc1c(C(C)C)cc(C2(C(F)(F)F)NC(=O)NC2=O)cc1C(C)C. The predicted octanol–water partition coefficient (Wildman–Crippen LogP) is 3.51. The van der Waals surface area contributed by atoms with Crippen LogP contribution in [0.4, 0.5) is 18.0 Å². The van der Waals surface area contributed by atoms with Crippen LogP contribution >= 0.6 is 0 Å². The number of ether oxygens (including phenoxy) is 2. The van der Waals surface area contributed by atoms with Gasteiger partial charge in [-0.1, -0.05) is 27.7 Å². The van der Waals surface area contributed by atoms with Crippen molar-refractivity contribution in [3.63, 3.8) is 0 Å². The fourth-order valence-corrected chi connectivity index (χ4v) is 3.05. The minimum atomic E-state index is -5.03. The molecule has 1 fully saturated rings. The maximum Gasteiger partial charge on any atom is 0.425 e. The molecule has 27 heavy (non-hydrogen) atoms. The summed E-state index contributed by atoms with van der Waals surface area (Å²) in [6.45, 7) is 7.14. The number of hydrogen-bond acceptors (Lipinski definition) is 4. The van der Waals surface area contributed by atoms with Crippen molar-refractivity contribution in [2.24, 2.45) is 0 Å². The molecule has 0 aromatic heterocycles. The Hall–Kier alpha value is -2.29. The van der Waals surface area contributed by atoms with Gasteiger partial charge in [-0.05, 0) is 40.7 Å². The van der Waals surface area contributed by atoms with Crippen LogP contribution in [0.15, 0.2) is 12.1 Å². The first kappa shape index (κ1) is 21.0. The maximum atomic E-state index is 14.0. The Bertz CT molecular complexity index is 718. The quantitative estimate of drug-likeness (QED) is 0.578. The van der Waals surface area contributed by atoms with Crippen molar-refractivity contribution in [1.29, 1.82) is 0 Å². The van der Waals surface area contributed by atoms with Gasteiger partial charge in [0.1, 0.15) is 5.75 Å². The summed E-state index contributed by atoms with van der Waals surface area (Å²) in [7, 11) is 1.44. The molecule has 0 saturated carbocycles. The fraction of sp³-hybridized carbons (Fsp3) is 0.556. The van der Waals surface area contributed by atoms with Gasteiger partial charge in [-0.15, -0.1) is 0 Å². The van der Waals surface area contributed by atoms with Crippen LogP contribution in [0.25, 0.3) is 0 Å². The molecule has 9 heteroatoms. The van der Waals surface area contributed by atoms with E-state index in [4.69, 9.17) is 9.47 Å². The number of hydrogen-bond donors (Lipinski definition) is 2. The van der Waals surface area contributed by atoms with Crippen molar-refractivity contribution in [3.8, 4) is 5.75 Å². The molecule has 0 aliphatic carbocycles. The van der Waals surface area contributed by atoms with Crippen LogP contribution < -0.4 is 15.4 Å². The average molecular weight is 388 g/mol. The van der Waals surface area contributed by atoms with Crippen molar-refractivity contribution in [2.45, 2.75) is 51.2 Å². The van der Waals surface area contributed by atoms with Crippen molar-refractivity contribution < 1.29 is 32.2 Å². The van der Waals surface area contributed by atoms with Gasteiger partial charge < -0.3 is 14.8 Å². The smallest absolute Gasteiger partial charge is 0.425 e. The first-order chi connectivity index (χ1) is 12.5. The van der Waals surface area contributed by atoms with Crippen LogP contribution in [0, 0.1) is 0 Å². The largest absolute Gasteiger partial charge is 0.467 e. The third-order valence-corrected chi connectivity index (χ3v) is 4.44. The lowest BCUT2D eigenvalue weighted by Gasteiger charge is -2.31. The summed E-state index contributed by atoms with van der Waals surface area (Å²) in [6, 6.07) is 1.34. The van der Waals surface area contributed by atoms with Crippen molar-refractivity contribution in [3.05, 3.63) is 28.8 Å². The van der Waals surface area contributed by atoms with Gasteiger partial charge in [0.25, 0.3) is 5.91 Å². The zero-order chi connectivity index (χ0) is 20.6. The first-order valence-electron chi connectivity index (χ1n) is 8.46. The number of urea groups is 1. The highest BCUT2D eigenvalue weighted by atomic mass is 19.4. The molecule has 2 N–H and O–H groups in total. The lowest BCUT2D eigenvalue weighted by Crippen LogP contribution is -2.55. The average Bonchev–Trinajstić information content (AvgIpc) is 2.87. The molecule has 0 spiro atoms. The van der Waals surface area contributed by atoms with Gasteiger partial charge in [0, 0.05) is 7.11 Å². The van der Waals surface area contributed by atoms with Crippen molar-refractivity contribution in [1.82, 2.24) is 10.6 Å². The van der Waals surface area contributed by atoms with E-state index in [0.717, 1.165) is 0 Å². The second kappa shape index (κ2) is 7.38. The van der Waals surface area contributed by atoms with Gasteiger partial charge >= 0.3 is 12.2 Å². The standard InChI is InChI=1S/C18H23F3N2O4/c1-9(2)12-6-11(7-13(10(3)4)14(12)27-8-26-5)17(18(19,20)21)15(24)22-16(25)23-17/h6-7,9-10H,8H2,1-5H3,(H2,22,23,24,25). The molecule has 1 aliphatic rings. The molecule has 150 valence electrons. The minimum Gasteiger partial charge on any atom is -0.467 e. The molecule has 0 bridgehead atoms. The van der Waals surface area contributed by atoms with Gasteiger partial charge in [-0.3, -0.25) is 10.1 Å². The number of rotatable bonds is 6. The Kier molecular flexibility index (Phi) is 5.74. The van der Waals surface area contributed by atoms with Crippen LogP contribution in [-0.4, -0.2) is 32.0 Å². The number of amides is 3. The second-order valence-corrected chi connectivity index (χ2v) is 7.00. The summed E-state index contributed by atoms with van der Waals surface area (Å²) < 4.78 is 52.5. The van der Waals surface area contributed by atoms with Crippen LogP contribution in [-0.2, 0) is 15.1 Å². The number of carbonyl (C=O) groups is 2. The van der Waals surface area contributed by atoms with Crippen LogP contribution in [0.5, 0.6) is 5.75 Å². The van der Waals surface area contributed by atoms with Gasteiger partial charge in [0.2, 0.25) is 5.54 Å². The van der Waals surface area contributed by atoms with E-state index in [2.05, 4.69) is 0 Å².